The van der Waals surface area contributed by atoms with Crippen LogP contribution in [-0.2, 0) is 0 Å². The molecule has 2 aromatic rings. The van der Waals surface area contributed by atoms with E-state index >= 15 is 0 Å². The molecule has 1 unspecified atom stereocenters. The van der Waals surface area contributed by atoms with Gasteiger partial charge in [0.05, 0.1) is 19.8 Å². The molecule has 5 heteroatoms. The number of methoxy groups -OCH3 is 1. The van der Waals surface area contributed by atoms with E-state index < -0.39 is 6.09 Å². The number of aryl methyl sites for hydroxylation is 2. The highest BCUT2D eigenvalue weighted by molar-refractivity contribution is 5.71. The minimum absolute atomic E-state index is 0.308. The topological polar surface area (TPSA) is 67.8 Å². The highest BCUT2D eigenvalue weighted by Gasteiger charge is 2.38. The van der Waals surface area contributed by atoms with Crippen molar-refractivity contribution in [3.8, 4) is 22.6 Å². The van der Waals surface area contributed by atoms with Gasteiger partial charge in [0, 0.05) is 11.0 Å². The van der Waals surface area contributed by atoms with E-state index in [9.17, 15) is 9.90 Å². The molecule has 0 radical (unpaired) electrons. The monoisotopic (exact) mass is 355 g/mol. The van der Waals surface area contributed by atoms with Gasteiger partial charge in [-0.3, -0.25) is 0 Å². The number of fused-ring (bicyclic) bond motifs is 1. The lowest BCUT2D eigenvalue weighted by molar-refractivity contribution is 0.0996. The van der Waals surface area contributed by atoms with Gasteiger partial charge in [0.2, 0.25) is 0 Å². The van der Waals surface area contributed by atoms with Crippen LogP contribution in [0.5, 0.6) is 11.5 Å². The highest BCUT2D eigenvalue weighted by atomic mass is 16.5. The highest BCUT2D eigenvalue weighted by Crippen LogP contribution is 2.44. The number of amides is 1. The van der Waals surface area contributed by atoms with Crippen LogP contribution in [0.15, 0.2) is 30.3 Å². The summed E-state index contributed by atoms with van der Waals surface area (Å²) in [5.74, 6) is 1.63. The Labute approximate surface area is 153 Å². The van der Waals surface area contributed by atoms with E-state index in [0.717, 1.165) is 39.3 Å². The summed E-state index contributed by atoms with van der Waals surface area (Å²) in [6.07, 6.45) is -1.03. The van der Waals surface area contributed by atoms with E-state index in [1.165, 1.54) is 0 Å². The van der Waals surface area contributed by atoms with Crippen molar-refractivity contribution in [3.05, 3.63) is 47.0 Å². The summed E-state index contributed by atoms with van der Waals surface area (Å²) in [6, 6.07) is 9.83. The summed E-state index contributed by atoms with van der Waals surface area (Å²) in [4.78, 5) is 11.2. The Bertz CT molecular complexity index is 834. The van der Waals surface area contributed by atoms with Crippen LogP contribution in [0, 0.1) is 19.3 Å². The molecule has 26 heavy (non-hydrogen) atoms. The molecule has 1 aliphatic heterocycles. The van der Waals surface area contributed by atoms with E-state index in [-0.39, 0.29) is 11.5 Å². The Kier molecular flexibility index (Phi) is 4.57. The van der Waals surface area contributed by atoms with Crippen LogP contribution >= 0.6 is 0 Å². The number of nitrogens with one attached hydrogen (secondary N) is 1. The number of benzene rings is 2. The van der Waals surface area contributed by atoms with Crippen LogP contribution in [0.25, 0.3) is 11.1 Å². The molecule has 0 aromatic heterocycles. The van der Waals surface area contributed by atoms with Gasteiger partial charge in [-0.05, 0) is 54.3 Å². The minimum Gasteiger partial charge on any atom is -0.496 e. The summed E-state index contributed by atoms with van der Waals surface area (Å²) in [5, 5.41) is 11.8. The summed E-state index contributed by atoms with van der Waals surface area (Å²) in [6.45, 7) is 8.51. The van der Waals surface area contributed by atoms with Crippen LogP contribution in [0.1, 0.15) is 36.6 Å². The molecule has 0 saturated heterocycles. The number of rotatable bonds is 3. The largest absolute Gasteiger partial charge is 0.496 e. The third-order valence-electron chi connectivity index (χ3n) is 4.97. The Morgan fingerprint density at radius 3 is 2.42 bits per heavy atom. The number of carbonyl (C=O) groups is 1. The van der Waals surface area contributed by atoms with Crippen LogP contribution < -0.4 is 14.8 Å². The van der Waals surface area contributed by atoms with Gasteiger partial charge < -0.3 is 19.9 Å². The van der Waals surface area contributed by atoms with Gasteiger partial charge in [-0.25, -0.2) is 4.79 Å². The molecule has 2 aromatic carbocycles. The lowest BCUT2D eigenvalue weighted by Crippen LogP contribution is -2.43. The minimum atomic E-state index is -1.03. The maximum absolute atomic E-state index is 11.2. The van der Waals surface area contributed by atoms with Crippen molar-refractivity contribution in [3.63, 3.8) is 0 Å². The van der Waals surface area contributed by atoms with Gasteiger partial charge in [-0.1, -0.05) is 26.0 Å². The Balaban J connectivity index is 2.03. The fraction of sp³-hybridized carbons (Fsp3) is 0.381. The van der Waals surface area contributed by atoms with Gasteiger partial charge in [0.1, 0.15) is 11.5 Å². The van der Waals surface area contributed by atoms with Crippen molar-refractivity contribution in [2.45, 2.75) is 33.7 Å². The quantitative estimate of drug-likeness (QED) is 0.837. The molecular weight excluding hydrogens is 330 g/mol. The lowest BCUT2D eigenvalue weighted by atomic mass is 9.78. The van der Waals surface area contributed by atoms with Crippen molar-refractivity contribution in [1.29, 1.82) is 0 Å². The molecule has 1 amide bonds. The van der Waals surface area contributed by atoms with Gasteiger partial charge >= 0.3 is 6.09 Å². The number of hydrogen-bond acceptors (Lipinski definition) is 3. The van der Waals surface area contributed by atoms with Crippen molar-refractivity contribution in [2.24, 2.45) is 5.41 Å². The lowest BCUT2D eigenvalue weighted by Gasteiger charge is -2.39. The molecule has 1 atom stereocenters. The molecule has 138 valence electrons. The second-order valence-corrected chi connectivity index (χ2v) is 7.56. The van der Waals surface area contributed by atoms with Crippen molar-refractivity contribution < 1.29 is 19.4 Å². The summed E-state index contributed by atoms with van der Waals surface area (Å²) in [5.41, 5.74) is 4.82. The normalized spacial score (nSPS) is 17.8. The predicted octanol–water partition coefficient (Wildman–Crippen LogP) is 4.71. The standard InChI is InChI=1S/C21H25NO4/c1-12-8-15(9-13(2)18(12)25-5)14-6-7-16-17(10-14)26-11-21(3,4)19(16)22-20(23)24/h6-10,19,22H,11H2,1-5H3,(H,23,24). The average molecular weight is 355 g/mol. The Hall–Kier alpha value is -2.69. The molecule has 0 bridgehead atoms. The number of carboxylic acid groups (broad SMARTS) is 1. The molecular formula is C21H25NO4. The zero-order valence-electron chi connectivity index (χ0n) is 15.8. The van der Waals surface area contributed by atoms with Crippen molar-refractivity contribution in [2.75, 3.05) is 13.7 Å². The summed E-state index contributed by atoms with van der Waals surface area (Å²) < 4.78 is 11.4. The third-order valence-corrected chi connectivity index (χ3v) is 4.97. The molecule has 0 fully saturated rings. The molecule has 1 heterocycles. The van der Waals surface area contributed by atoms with Crippen LogP contribution in [0.2, 0.25) is 0 Å². The van der Waals surface area contributed by atoms with E-state index in [2.05, 4.69) is 17.4 Å². The van der Waals surface area contributed by atoms with Crippen LogP contribution in [0.4, 0.5) is 4.79 Å². The fourth-order valence-electron chi connectivity index (χ4n) is 3.68. The van der Waals surface area contributed by atoms with E-state index in [4.69, 9.17) is 9.47 Å². The first-order valence-electron chi connectivity index (χ1n) is 8.65. The summed E-state index contributed by atoms with van der Waals surface area (Å²) in [7, 11) is 1.68. The maximum Gasteiger partial charge on any atom is 0.405 e. The molecule has 0 aliphatic carbocycles. The fourth-order valence-corrected chi connectivity index (χ4v) is 3.68. The Morgan fingerprint density at radius 1 is 1.19 bits per heavy atom. The van der Waals surface area contributed by atoms with E-state index in [0.29, 0.717) is 6.61 Å². The van der Waals surface area contributed by atoms with Crippen LogP contribution in [-0.4, -0.2) is 24.9 Å². The van der Waals surface area contributed by atoms with Gasteiger partial charge in [-0.15, -0.1) is 0 Å². The molecule has 0 spiro atoms. The molecule has 1 aliphatic rings. The molecule has 5 nitrogen and oxygen atoms in total. The van der Waals surface area contributed by atoms with Gasteiger partial charge in [0.15, 0.2) is 0 Å². The SMILES string of the molecule is COc1c(C)cc(-c2ccc3c(c2)OCC(C)(C)C3NC(=O)O)cc1C. The Morgan fingerprint density at radius 2 is 1.85 bits per heavy atom. The first-order valence-corrected chi connectivity index (χ1v) is 8.65. The van der Waals surface area contributed by atoms with Crippen molar-refractivity contribution in [1.82, 2.24) is 5.32 Å². The smallest absolute Gasteiger partial charge is 0.405 e. The maximum atomic E-state index is 11.2. The third kappa shape index (κ3) is 3.21. The van der Waals surface area contributed by atoms with Crippen LogP contribution in [0.3, 0.4) is 0 Å². The van der Waals surface area contributed by atoms with Gasteiger partial charge in [0.25, 0.3) is 0 Å². The van der Waals surface area contributed by atoms with E-state index in [1.54, 1.807) is 7.11 Å². The first kappa shape index (κ1) is 18.1. The molecule has 3 rings (SSSR count). The average Bonchev–Trinajstić information content (AvgIpc) is 2.56. The number of hydrogen-bond donors (Lipinski definition) is 2. The zero-order chi connectivity index (χ0) is 19.1. The predicted molar refractivity (Wildman–Crippen MR) is 101 cm³/mol. The van der Waals surface area contributed by atoms with Gasteiger partial charge in [-0.2, -0.15) is 0 Å². The first-order chi connectivity index (χ1) is 12.2. The van der Waals surface area contributed by atoms with E-state index in [1.807, 2.05) is 45.9 Å². The zero-order valence-corrected chi connectivity index (χ0v) is 15.8. The van der Waals surface area contributed by atoms with Crippen molar-refractivity contribution >= 4 is 6.09 Å². The molecule has 2 N–H and O–H groups in total. The molecule has 0 saturated carbocycles. The second kappa shape index (κ2) is 6.56. The summed E-state index contributed by atoms with van der Waals surface area (Å²) >= 11 is 0. The number of ether oxygens (including phenoxy) is 2. The second-order valence-electron chi connectivity index (χ2n) is 7.56.